The molecule has 3 aromatic rings. The van der Waals surface area contributed by atoms with E-state index in [0.717, 1.165) is 37.0 Å². The average molecular weight is 392 g/mol. The summed E-state index contributed by atoms with van der Waals surface area (Å²) < 4.78 is 27.4. The first-order chi connectivity index (χ1) is 12.1. The van der Waals surface area contributed by atoms with E-state index in [1.807, 2.05) is 30.3 Å². The normalized spacial score (nSPS) is 16.5. The van der Waals surface area contributed by atoms with Crippen LogP contribution in [0, 0.1) is 0 Å². The first-order valence-corrected chi connectivity index (χ1v) is 9.98. The van der Waals surface area contributed by atoms with Crippen molar-refractivity contribution in [2.45, 2.75) is 23.7 Å². The third kappa shape index (κ3) is 3.24. The fourth-order valence-electron chi connectivity index (χ4n) is 3.52. The highest BCUT2D eigenvalue weighted by molar-refractivity contribution is 7.90. The molecule has 1 aliphatic rings. The number of hydrogen-bond donors (Lipinski definition) is 0. The van der Waals surface area contributed by atoms with E-state index in [4.69, 9.17) is 0 Å². The van der Waals surface area contributed by atoms with Crippen molar-refractivity contribution < 1.29 is 8.42 Å². The van der Waals surface area contributed by atoms with Crippen molar-refractivity contribution in [3.63, 3.8) is 0 Å². The van der Waals surface area contributed by atoms with Gasteiger partial charge in [0.05, 0.1) is 16.1 Å². The van der Waals surface area contributed by atoms with Crippen molar-refractivity contribution in [2.24, 2.45) is 0 Å². The number of rotatable bonds is 3. The van der Waals surface area contributed by atoms with Gasteiger partial charge in [-0.05, 0) is 51.2 Å². The summed E-state index contributed by atoms with van der Waals surface area (Å²) >= 11 is 0. The number of nitrogens with zero attached hydrogens (tertiary/aromatic N) is 3. The molecule has 1 aliphatic heterocycles. The molecule has 1 saturated heterocycles. The van der Waals surface area contributed by atoms with E-state index in [9.17, 15) is 8.42 Å². The van der Waals surface area contributed by atoms with Gasteiger partial charge in [0, 0.05) is 11.3 Å². The Labute approximate surface area is 160 Å². The predicted octanol–water partition coefficient (Wildman–Crippen LogP) is 3.50. The summed E-state index contributed by atoms with van der Waals surface area (Å²) in [7, 11) is -1.58. The van der Waals surface area contributed by atoms with Crippen molar-refractivity contribution in [2.75, 3.05) is 20.1 Å². The Morgan fingerprint density at radius 1 is 0.962 bits per heavy atom. The number of aromatic nitrogens is 2. The van der Waals surface area contributed by atoms with Crippen LogP contribution in [0.4, 0.5) is 0 Å². The zero-order chi connectivity index (χ0) is 17.4. The second kappa shape index (κ2) is 7.39. The largest absolute Gasteiger partial charge is 0.306 e. The number of benzene rings is 2. The van der Waals surface area contributed by atoms with Gasteiger partial charge in [-0.2, -0.15) is 17.6 Å². The van der Waals surface area contributed by atoms with Crippen LogP contribution in [0.15, 0.2) is 59.5 Å². The van der Waals surface area contributed by atoms with Crippen molar-refractivity contribution in [3.05, 3.63) is 60.3 Å². The second-order valence-corrected chi connectivity index (χ2v) is 8.41. The Balaban J connectivity index is 0.00000196. The van der Waals surface area contributed by atoms with Gasteiger partial charge in [-0.1, -0.05) is 36.4 Å². The van der Waals surface area contributed by atoms with Crippen molar-refractivity contribution >= 4 is 33.3 Å². The molecule has 0 atom stereocenters. The number of fused-ring (bicyclic) bond motifs is 1. The van der Waals surface area contributed by atoms with Gasteiger partial charge in [-0.3, -0.25) is 0 Å². The summed E-state index contributed by atoms with van der Waals surface area (Å²) in [5.41, 5.74) is 1.56. The maximum Gasteiger partial charge on any atom is 0.283 e. The number of halogens is 1. The van der Waals surface area contributed by atoms with E-state index < -0.39 is 10.0 Å². The summed E-state index contributed by atoms with van der Waals surface area (Å²) in [5, 5.41) is 5.54. The van der Waals surface area contributed by atoms with Crippen LogP contribution >= 0.6 is 12.4 Å². The Hall–Kier alpha value is -1.89. The quantitative estimate of drug-likeness (QED) is 0.685. The van der Waals surface area contributed by atoms with Crippen LogP contribution in [0.1, 0.15) is 24.5 Å². The molecular formula is C19H22ClN3O2S. The highest BCUT2D eigenvalue weighted by Crippen LogP contribution is 2.33. The van der Waals surface area contributed by atoms with Crippen molar-refractivity contribution in [3.8, 4) is 0 Å². The van der Waals surface area contributed by atoms with Crippen molar-refractivity contribution in [1.29, 1.82) is 0 Å². The van der Waals surface area contributed by atoms with Crippen LogP contribution in [0.25, 0.3) is 10.9 Å². The molecule has 26 heavy (non-hydrogen) atoms. The average Bonchev–Trinajstić information content (AvgIpc) is 3.04. The minimum atomic E-state index is -3.70. The summed E-state index contributed by atoms with van der Waals surface area (Å²) in [6.07, 6.45) is 2.01. The number of para-hydroxylation sites is 1. The lowest BCUT2D eigenvalue weighted by molar-refractivity contribution is 0.254. The molecule has 1 aromatic heterocycles. The minimum absolute atomic E-state index is 0. The number of likely N-dealkylation sites (tertiary alicyclic amines) is 1. The molecule has 2 heterocycles. The summed E-state index contributed by atoms with van der Waals surface area (Å²) in [4.78, 5) is 2.56. The van der Waals surface area contributed by atoms with Crippen LogP contribution in [-0.4, -0.2) is 42.6 Å². The fraction of sp³-hybridized carbons (Fsp3) is 0.316. The lowest BCUT2D eigenvalue weighted by atomic mass is 9.92. The Morgan fingerprint density at radius 2 is 1.58 bits per heavy atom. The topological polar surface area (TPSA) is 55.2 Å². The first-order valence-electron chi connectivity index (χ1n) is 8.54. The van der Waals surface area contributed by atoms with E-state index in [1.54, 1.807) is 24.3 Å². The van der Waals surface area contributed by atoms with E-state index in [2.05, 4.69) is 17.0 Å². The molecule has 0 N–H and O–H groups in total. The third-order valence-electron chi connectivity index (χ3n) is 4.96. The van der Waals surface area contributed by atoms with Crippen LogP contribution in [0.5, 0.6) is 0 Å². The molecule has 7 heteroatoms. The van der Waals surface area contributed by atoms with Gasteiger partial charge >= 0.3 is 0 Å². The molecule has 2 aromatic carbocycles. The third-order valence-corrected chi connectivity index (χ3v) is 6.56. The first kappa shape index (κ1) is 18.9. The van der Waals surface area contributed by atoms with Crippen LogP contribution in [-0.2, 0) is 10.0 Å². The van der Waals surface area contributed by atoms with Gasteiger partial charge in [-0.15, -0.1) is 12.4 Å². The van der Waals surface area contributed by atoms with Crippen molar-refractivity contribution in [1.82, 2.24) is 14.1 Å². The lowest BCUT2D eigenvalue weighted by Gasteiger charge is -2.28. The molecule has 0 unspecified atom stereocenters. The molecule has 138 valence electrons. The van der Waals surface area contributed by atoms with Gasteiger partial charge in [0.1, 0.15) is 0 Å². The van der Waals surface area contributed by atoms with Gasteiger partial charge in [0.2, 0.25) is 0 Å². The van der Waals surface area contributed by atoms with Crippen LogP contribution < -0.4 is 0 Å². The van der Waals surface area contributed by atoms with E-state index in [0.29, 0.717) is 11.4 Å². The molecule has 0 saturated carbocycles. The Bertz CT molecular complexity index is 994. The Morgan fingerprint density at radius 3 is 2.27 bits per heavy atom. The number of piperidine rings is 1. The summed E-state index contributed by atoms with van der Waals surface area (Å²) in [6, 6.07) is 16.1. The van der Waals surface area contributed by atoms with Gasteiger partial charge in [-0.25, -0.2) is 0 Å². The molecule has 5 nitrogen and oxygen atoms in total. The molecule has 0 aliphatic carbocycles. The maximum atomic E-state index is 13.1. The van der Waals surface area contributed by atoms with Gasteiger partial charge in [0.25, 0.3) is 10.0 Å². The zero-order valence-corrected chi connectivity index (χ0v) is 16.2. The maximum absolute atomic E-state index is 13.1. The van der Waals surface area contributed by atoms with Gasteiger partial charge < -0.3 is 4.90 Å². The summed E-state index contributed by atoms with van der Waals surface area (Å²) in [5.74, 6) is 0.299. The molecule has 4 rings (SSSR count). The SMILES string of the molecule is CN1CCC(c2nn(S(=O)(=O)c3ccccc3)c3ccccc23)CC1.Cl. The molecule has 1 fully saturated rings. The molecule has 0 radical (unpaired) electrons. The minimum Gasteiger partial charge on any atom is -0.306 e. The second-order valence-electron chi connectivity index (χ2n) is 6.64. The molecule has 0 spiro atoms. The highest BCUT2D eigenvalue weighted by atomic mass is 35.5. The predicted molar refractivity (Wildman–Crippen MR) is 105 cm³/mol. The Kier molecular flexibility index (Phi) is 5.37. The van der Waals surface area contributed by atoms with E-state index in [1.165, 1.54) is 4.09 Å². The van der Waals surface area contributed by atoms with E-state index >= 15 is 0 Å². The fourth-order valence-corrected chi connectivity index (χ4v) is 4.84. The van der Waals surface area contributed by atoms with Crippen LogP contribution in [0.2, 0.25) is 0 Å². The summed E-state index contributed by atoms with van der Waals surface area (Å²) in [6.45, 7) is 2.02. The molecule has 0 amide bonds. The standard InChI is InChI=1S/C19H21N3O2S.ClH/c1-21-13-11-15(12-14-21)19-17-9-5-6-10-18(17)22(20-19)25(23,24)16-7-3-2-4-8-16;/h2-10,15H,11-14H2,1H3;1H. The monoisotopic (exact) mass is 391 g/mol. The van der Waals surface area contributed by atoms with Crippen LogP contribution in [0.3, 0.4) is 0 Å². The highest BCUT2D eigenvalue weighted by Gasteiger charge is 2.27. The molecular weight excluding hydrogens is 370 g/mol. The molecule has 0 bridgehead atoms. The lowest BCUT2D eigenvalue weighted by Crippen LogP contribution is -2.29. The smallest absolute Gasteiger partial charge is 0.283 e. The number of hydrogen-bond acceptors (Lipinski definition) is 4. The van der Waals surface area contributed by atoms with E-state index in [-0.39, 0.29) is 17.3 Å². The zero-order valence-electron chi connectivity index (χ0n) is 14.6. The van der Waals surface area contributed by atoms with Gasteiger partial charge in [0.15, 0.2) is 0 Å².